The van der Waals surface area contributed by atoms with Crippen LogP contribution >= 0.6 is 0 Å². The van der Waals surface area contributed by atoms with Crippen molar-refractivity contribution in [1.82, 2.24) is 10.6 Å². The maximum Gasteiger partial charge on any atom is 0.224 e. The molecule has 0 aliphatic heterocycles. The van der Waals surface area contributed by atoms with Gasteiger partial charge in [0.15, 0.2) is 5.96 Å². The number of hydrogen-bond donors (Lipinski definition) is 3. The summed E-state index contributed by atoms with van der Waals surface area (Å²) in [5.74, 6) is 1.75. The van der Waals surface area contributed by atoms with Gasteiger partial charge in [-0.2, -0.15) is 0 Å². The van der Waals surface area contributed by atoms with Gasteiger partial charge in [-0.3, -0.25) is 4.79 Å². The first-order valence-electron chi connectivity index (χ1n) is 10.4. The van der Waals surface area contributed by atoms with Crippen LogP contribution in [0.15, 0.2) is 29.3 Å². The first-order valence-corrected chi connectivity index (χ1v) is 10.4. The van der Waals surface area contributed by atoms with Crippen LogP contribution in [0.2, 0.25) is 0 Å². The van der Waals surface area contributed by atoms with Crippen molar-refractivity contribution in [3.05, 3.63) is 29.8 Å². The number of amides is 1. The molecule has 3 N–H and O–H groups in total. The second-order valence-corrected chi connectivity index (χ2v) is 7.79. The van der Waals surface area contributed by atoms with Gasteiger partial charge in [-0.15, -0.1) is 0 Å². The summed E-state index contributed by atoms with van der Waals surface area (Å²) in [5.41, 5.74) is 1.87. The standard InChI is InChI=1S/C22H38N4O2/c1-6-23-22(24-11-8-12-28-16-18(4)5)25-15-19-9-7-10-20(14-19)26-21(27)13-17(2)3/h7,9-10,14,17-18H,6,8,11-13,15-16H2,1-5H3,(H,26,27)(H2,23,24,25). The summed E-state index contributed by atoms with van der Waals surface area (Å²) in [6.07, 6.45) is 1.46. The Labute approximate surface area is 170 Å². The summed E-state index contributed by atoms with van der Waals surface area (Å²) in [6, 6.07) is 7.85. The zero-order valence-electron chi connectivity index (χ0n) is 18.2. The highest BCUT2D eigenvalue weighted by molar-refractivity contribution is 5.90. The van der Waals surface area contributed by atoms with Crippen LogP contribution in [0.1, 0.15) is 53.0 Å². The van der Waals surface area contributed by atoms with E-state index < -0.39 is 0 Å². The molecule has 1 aromatic carbocycles. The molecule has 0 saturated heterocycles. The Morgan fingerprint density at radius 3 is 2.61 bits per heavy atom. The normalized spacial score (nSPS) is 11.8. The molecule has 0 aliphatic rings. The van der Waals surface area contributed by atoms with Crippen LogP contribution in [0, 0.1) is 11.8 Å². The summed E-state index contributed by atoms with van der Waals surface area (Å²) in [6.45, 7) is 14.2. The second-order valence-electron chi connectivity index (χ2n) is 7.79. The van der Waals surface area contributed by atoms with E-state index in [1.165, 1.54) is 0 Å². The van der Waals surface area contributed by atoms with Gasteiger partial charge in [0.05, 0.1) is 6.54 Å². The van der Waals surface area contributed by atoms with Crippen molar-refractivity contribution in [2.45, 2.75) is 54.0 Å². The van der Waals surface area contributed by atoms with E-state index in [0.29, 0.717) is 24.8 Å². The molecule has 28 heavy (non-hydrogen) atoms. The van der Waals surface area contributed by atoms with E-state index in [0.717, 1.165) is 49.9 Å². The van der Waals surface area contributed by atoms with E-state index in [9.17, 15) is 4.79 Å². The maximum absolute atomic E-state index is 11.9. The third kappa shape index (κ3) is 11.6. The fraction of sp³-hybridized carbons (Fsp3) is 0.636. The minimum absolute atomic E-state index is 0.0466. The summed E-state index contributed by atoms with van der Waals surface area (Å²) in [5, 5.41) is 9.55. The molecule has 1 rings (SSSR count). The van der Waals surface area contributed by atoms with Gasteiger partial charge in [0.2, 0.25) is 5.91 Å². The number of carbonyl (C=O) groups excluding carboxylic acids is 1. The van der Waals surface area contributed by atoms with Crippen molar-refractivity contribution in [1.29, 1.82) is 0 Å². The van der Waals surface area contributed by atoms with Gasteiger partial charge < -0.3 is 20.7 Å². The van der Waals surface area contributed by atoms with Gasteiger partial charge in [-0.25, -0.2) is 4.99 Å². The van der Waals surface area contributed by atoms with Crippen molar-refractivity contribution in [2.75, 3.05) is 31.6 Å². The molecular weight excluding hydrogens is 352 g/mol. The molecule has 0 saturated carbocycles. The maximum atomic E-state index is 11.9. The molecule has 6 nitrogen and oxygen atoms in total. The molecule has 0 bridgehead atoms. The molecule has 0 spiro atoms. The molecule has 0 radical (unpaired) electrons. The van der Waals surface area contributed by atoms with Gasteiger partial charge in [-0.05, 0) is 42.9 Å². The molecule has 0 heterocycles. The monoisotopic (exact) mass is 390 g/mol. The predicted octanol–water partition coefficient (Wildman–Crippen LogP) is 3.79. The summed E-state index contributed by atoms with van der Waals surface area (Å²) in [7, 11) is 0. The fourth-order valence-electron chi connectivity index (χ4n) is 2.54. The zero-order valence-corrected chi connectivity index (χ0v) is 18.2. The Hall–Kier alpha value is -2.08. The lowest BCUT2D eigenvalue weighted by Crippen LogP contribution is -2.38. The van der Waals surface area contributed by atoms with Gasteiger partial charge in [0, 0.05) is 38.4 Å². The van der Waals surface area contributed by atoms with Crippen LogP contribution in [0.25, 0.3) is 0 Å². The van der Waals surface area contributed by atoms with Gasteiger partial charge in [-0.1, -0.05) is 39.8 Å². The molecule has 0 aliphatic carbocycles. The van der Waals surface area contributed by atoms with Crippen LogP contribution in [-0.4, -0.2) is 38.2 Å². The number of nitrogens with one attached hydrogen (secondary N) is 3. The number of benzene rings is 1. The number of hydrogen-bond acceptors (Lipinski definition) is 3. The van der Waals surface area contributed by atoms with Crippen LogP contribution in [0.4, 0.5) is 5.69 Å². The lowest BCUT2D eigenvalue weighted by Gasteiger charge is -2.12. The smallest absolute Gasteiger partial charge is 0.224 e. The molecule has 1 aromatic rings. The van der Waals surface area contributed by atoms with E-state index in [1.807, 2.05) is 45.0 Å². The van der Waals surface area contributed by atoms with Crippen molar-refractivity contribution in [2.24, 2.45) is 16.8 Å². The average Bonchev–Trinajstić information content (AvgIpc) is 2.61. The van der Waals surface area contributed by atoms with Crippen molar-refractivity contribution in [3.63, 3.8) is 0 Å². The SMILES string of the molecule is CCNC(=NCc1cccc(NC(=O)CC(C)C)c1)NCCCOCC(C)C. The molecule has 0 aromatic heterocycles. The molecule has 0 unspecified atom stereocenters. The minimum atomic E-state index is 0.0466. The van der Waals surface area contributed by atoms with E-state index in [4.69, 9.17) is 4.74 Å². The Bertz CT molecular complexity index is 600. The number of guanidine groups is 1. The number of ether oxygens (including phenoxy) is 1. The summed E-state index contributed by atoms with van der Waals surface area (Å²) in [4.78, 5) is 16.6. The second kappa shape index (κ2) is 14.0. The molecule has 158 valence electrons. The van der Waals surface area contributed by atoms with E-state index in [2.05, 4.69) is 34.8 Å². The van der Waals surface area contributed by atoms with E-state index >= 15 is 0 Å². The number of rotatable bonds is 12. The van der Waals surface area contributed by atoms with Crippen molar-refractivity contribution >= 4 is 17.6 Å². The summed E-state index contributed by atoms with van der Waals surface area (Å²) >= 11 is 0. The van der Waals surface area contributed by atoms with Gasteiger partial charge in [0.25, 0.3) is 0 Å². The van der Waals surface area contributed by atoms with Crippen molar-refractivity contribution in [3.8, 4) is 0 Å². The van der Waals surface area contributed by atoms with Crippen LogP contribution in [0.5, 0.6) is 0 Å². The van der Waals surface area contributed by atoms with Crippen LogP contribution < -0.4 is 16.0 Å². The topological polar surface area (TPSA) is 74.8 Å². The highest BCUT2D eigenvalue weighted by Crippen LogP contribution is 2.13. The molecule has 6 heteroatoms. The Balaban J connectivity index is 2.50. The van der Waals surface area contributed by atoms with E-state index in [-0.39, 0.29) is 5.91 Å². The van der Waals surface area contributed by atoms with Crippen molar-refractivity contribution < 1.29 is 9.53 Å². The Morgan fingerprint density at radius 2 is 1.93 bits per heavy atom. The third-order valence-corrected chi connectivity index (χ3v) is 3.78. The zero-order chi connectivity index (χ0) is 20.8. The average molecular weight is 391 g/mol. The first kappa shape index (κ1) is 24.0. The lowest BCUT2D eigenvalue weighted by molar-refractivity contribution is -0.116. The Kier molecular flexibility index (Phi) is 12.0. The largest absolute Gasteiger partial charge is 0.381 e. The molecule has 0 atom stereocenters. The first-order chi connectivity index (χ1) is 13.4. The number of anilines is 1. The van der Waals surface area contributed by atoms with Crippen LogP contribution in [0.3, 0.4) is 0 Å². The number of nitrogens with zero attached hydrogens (tertiary/aromatic N) is 1. The summed E-state index contributed by atoms with van der Waals surface area (Å²) < 4.78 is 5.60. The van der Waals surface area contributed by atoms with Gasteiger partial charge in [0.1, 0.15) is 0 Å². The van der Waals surface area contributed by atoms with E-state index in [1.54, 1.807) is 0 Å². The van der Waals surface area contributed by atoms with Gasteiger partial charge >= 0.3 is 0 Å². The quantitative estimate of drug-likeness (QED) is 0.288. The third-order valence-electron chi connectivity index (χ3n) is 3.78. The molecular formula is C22H38N4O2. The molecule has 1 amide bonds. The van der Waals surface area contributed by atoms with Crippen LogP contribution in [-0.2, 0) is 16.1 Å². The fourth-order valence-corrected chi connectivity index (χ4v) is 2.54. The highest BCUT2D eigenvalue weighted by atomic mass is 16.5. The lowest BCUT2D eigenvalue weighted by atomic mass is 10.1. The highest BCUT2D eigenvalue weighted by Gasteiger charge is 2.06. The minimum Gasteiger partial charge on any atom is -0.381 e. The number of aliphatic imine (C=N–C) groups is 1. The predicted molar refractivity (Wildman–Crippen MR) is 118 cm³/mol. The molecule has 0 fully saturated rings. The Morgan fingerprint density at radius 1 is 1.14 bits per heavy atom. The number of carbonyl (C=O) groups is 1.